The monoisotopic (exact) mass is 234 g/mol. The van der Waals surface area contributed by atoms with Crippen LogP contribution < -0.4 is 10.2 Å². The Bertz CT molecular complexity index is 208. The summed E-state index contributed by atoms with van der Waals surface area (Å²) in [6.07, 6.45) is 0.205. The molecule has 0 rings (SSSR count). The molecule has 0 radical (unpaired) electrons. The molecule has 0 aromatic carbocycles. The van der Waals surface area contributed by atoms with Crippen LogP contribution in [0.3, 0.4) is 0 Å². The van der Waals surface area contributed by atoms with Crippen molar-refractivity contribution in [3.63, 3.8) is 0 Å². The zero-order valence-corrected chi connectivity index (χ0v) is 8.41. The predicted octanol–water partition coefficient (Wildman–Crippen LogP) is -1.26. The standard InChI is InChI=1S/C3H12N2O6P2/c6-12(7,8)4-2-1-3-5-13(9,10)11/h1-3H2,(H3,4,6,7,8)(H3,5,9,10,11). The van der Waals surface area contributed by atoms with Crippen molar-refractivity contribution >= 4 is 15.5 Å². The average molecular weight is 234 g/mol. The lowest BCUT2D eigenvalue weighted by atomic mass is 10.4. The molecule has 0 aromatic heterocycles. The second-order valence-corrected chi connectivity index (χ2v) is 5.07. The second kappa shape index (κ2) is 5.19. The SMILES string of the molecule is O=P(O)(O)NCCCNP(=O)(O)O. The Morgan fingerprint density at radius 2 is 1.15 bits per heavy atom. The van der Waals surface area contributed by atoms with Gasteiger partial charge in [0.25, 0.3) is 0 Å². The van der Waals surface area contributed by atoms with Crippen LogP contribution in [-0.4, -0.2) is 32.7 Å². The van der Waals surface area contributed by atoms with Crippen molar-refractivity contribution in [2.24, 2.45) is 0 Å². The summed E-state index contributed by atoms with van der Waals surface area (Å²) in [6, 6.07) is 0. The first-order valence-electron chi connectivity index (χ1n) is 3.32. The molecule has 0 unspecified atom stereocenters. The lowest BCUT2D eigenvalue weighted by molar-refractivity contribution is 0.354. The Morgan fingerprint density at radius 1 is 0.846 bits per heavy atom. The Labute approximate surface area is 74.8 Å². The van der Waals surface area contributed by atoms with E-state index in [9.17, 15) is 9.13 Å². The fraction of sp³-hybridized carbons (Fsp3) is 1.00. The van der Waals surface area contributed by atoms with Gasteiger partial charge in [0.05, 0.1) is 0 Å². The van der Waals surface area contributed by atoms with Crippen molar-refractivity contribution in [1.82, 2.24) is 10.2 Å². The summed E-state index contributed by atoms with van der Waals surface area (Å²) in [5.41, 5.74) is 0. The molecule has 0 aliphatic carbocycles. The molecule has 0 aliphatic rings. The maximum absolute atomic E-state index is 10.2. The van der Waals surface area contributed by atoms with Crippen molar-refractivity contribution in [3.8, 4) is 0 Å². The number of nitrogens with one attached hydrogen (secondary N) is 2. The van der Waals surface area contributed by atoms with E-state index in [-0.39, 0.29) is 19.5 Å². The van der Waals surface area contributed by atoms with E-state index >= 15 is 0 Å². The fourth-order valence-corrected chi connectivity index (χ4v) is 1.44. The molecule has 0 spiro atoms. The van der Waals surface area contributed by atoms with Gasteiger partial charge in [0.15, 0.2) is 0 Å². The smallest absolute Gasteiger partial charge is 0.313 e. The van der Waals surface area contributed by atoms with E-state index in [1.165, 1.54) is 0 Å². The third-order valence-corrected chi connectivity index (χ3v) is 2.26. The van der Waals surface area contributed by atoms with Crippen LogP contribution in [0.4, 0.5) is 0 Å². The summed E-state index contributed by atoms with van der Waals surface area (Å²) in [6.45, 7) is -0.0332. The van der Waals surface area contributed by atoms with Crippen LogP contribution in [0.2, 0.25) is 0 Å². The zero-order chi connectivity index (χ0) is 10.5. The first-order valence-corrected chi connectivity index (χ1v) is 6.54. The lowest BCUT2D eigenvalue weighted by Gasteiger charge is -2.07. The van der Waals surface area contributed by atoms with E-state index in [1.54, 1.807) is 0 Å². The average Bonchev–Trinajstić information content (AvgIpc) is 1.81. The number of rotatable bonds is 6. The molecule has 13 heavy (non-hydrogen) atoms. The van der Waals surface area contributed by atoms with E-state index in [2.05, 4.69) is 0 Å². The van der Waals surface area contributed by atoms with Gasteiger partial charge in [-0.05, 0) is 6.42 Å². The molecule has 0 fully saturated rings. The van der Waals surface area contributed by atoms with Gasteiger partial charge in [-0.25, -0.2) is 19.3 Å². The summed E-state index contributed by atoms with van der Waals surface area (Å²) >= 11 is 0. The molecule has 0 aromatic rings. The van der Waals surface area contributed by atoms with E-state index in [1.807, 2.05) is 10.2 Å². The van der Waals surface area contributed by atoms with Gasteiger partial charge in [-0.15, -0.1) is 0 Å². The van der Waals surface area contributed by atoms with Crippen molar-refractivity contribution in [1.29, 1.82) is 0 Å². The number of hydrogen-bond acceptors (Lipinski definition) is 2. The molecule has 10 heteroatoms. The van der Waals surface area contributed by atoms with E-state index in [0.29, 0.717) is 0 Å². The Balaban J connectivity index is 3.39. The predicted molar refractivity (Wildman–Crippen MR) is 44.7 cm³/mol. The largest absolute Gasteiger partial charge is 0.400 e. The topological polar surface area (TPSA) is 139 Å². The molecular formula is C3H12N2O6P2. The highest BCUT2D eigenvalue weighted by Gasteiger charge is 2.12. The van der Waals surface area contributed by atoms with Crippen LogP contribution >= 0.6 is 15.5 Å². The summed E-state index contributed by atoms with van der Waals surface area (Å²) in [5, 5.41) is 3.76. The molecule has 0 aliphatic heterocycles. The van der Waals surface area contributed by atoms with Crippen molar-refractivity contribution in [2.45, 2.75) is 6.42 Å². The van der Waals surface area contributed by atoms with E-state index < -0.39 is 15.5 Å². The first-order chi connectivity index (χ1) is 5.71. The molecule has 0 saturated heterocycles. The van der Waals surface area contributed by atoms with Crippen molar-refractivity contribution in [2.75, 3.05) is 13.1 Å². The molecule has 6 N–H and O–H groups in total. The Kier molecular flexibility index (Phi) is 5.28. The molecule has 0 amide bonds. The van der Waals surface area contributed by atoms with Crippen LogP contribution in [0.15, 0.2) is 0 Å². The van der Waals surface area contributed by atoms with Crippen LogP contribution in [0.1, 0.15) is 6.42 Å². The number of hydrogen-bond donors (Lipinski definition) is 6. The fourth-order valence-electron chi connectivity index (χ4n) is 0.538. The maximum Gasteiger partial charge on any atom is 0.400 e. The minimum atomic E-state index is -4.22. The summed E-state index contributed by atoms with van der Waals surface area (Å²) in [7, 11) is -8.44. The lowest BCUT2D eigenvalue weighted by Crippen LogP contribution is -2.18. The van der Waals surface area contributed by atoms with Crippen LogP contribution in [0.25, 0.3) is 0 Å². The molecule has 0 bridgehead atoms. The molecular weight excluding hydrogens is 222 g/mol. The second-order valence-electron chi connectivity index (χ2n) is 2.26. The Morgan fingerprint density at radius 3 is 1.38 bits per heavy atom. The quantitative estimate of drug-likeness (QED) is 0.247. The minimum Gasteiger partial charge on any atom is -0.313 e. The van der Waals surface area contributed by atoms with Gasteiger partial charge in [0.1, 0.15) is 0 Å². The first kappa shape index (κ1) is 13.2. The van der Waals surface area contributed by atoms with Crippen LogP contribution in [-0.2, 0) is 9.13 Å². The van der Waals surface area contributed by atoms with E-state index in [4.69, 9.17) is 19.6 Å². The van der Waals surface area contributed by atoms with Gasteiger partial charge in [-0.1, -0.05) is 0 Å². The highest BCUT2D eigenvalue weighted by molar-refractivity contribution is 7.49. The zero-order valence-electron chi connectivity index (χ0n) is 6.62. The maximum atomic E-state index is 10.2. The molecule has 0 saturated carbocycles. The summed E-state index contributed by atoms with van der Waals surface area (Å²) < 4.78 is 20.4. The van der Waals surface area contributed by atoms with Gasteiger partial charge in [-0.3, -0.25) is 0 Å². The van der Waals surface area contributed by atoms with Crippen molar-refractivity contribution < 1.29 is 28.7 Å². The highest BCUT2D eigenvalue weighted by atomic mass is 31.2. The third kappa shape index (κ3) is 12.2. The summed E-state index contributed by atoms with van der Waals surface area (Å²) in [5.74, 6) is 0. The van der Waals surface area contributed by atoms with Gasteiger partial charge >= 0.3 is 15.5 Å². The van der Waals surface area contributed by atoms with Gasteiger partial charge < -0.3 is 19.6 Å². The molecule has 0 atom stereocenters. The molecule has 0 heterocycles. The highest BCUT2D eigenvalue weighted by Crippen LogP contribution is 2.28. The van der Waals surface area contributed by atoms with Gasteiger partial charge in [0.2, 0.25) is 0 Å². The third-order valence-electron chi connectivity index (χ3n) is 0.989. The molecule has 8 nitrogen and oxygen atoms in total. The van der Waals surface area contributed by atoms with Crippen LogP contribution in [0.5, 0.6) is 0 Å². The van der Waals surface area contributed by atoms with Crippen LogP contribution in [0, 0.1) is 0 Å². The molecule has 80 valence electrons. The minimum absolute atomic E-state index is 0.0166. The van der Waals surface area contributed by atoms with Gasteiger partial charge in [0, 0.05) is 13.1 Å². The summed E-state index contributed by atoms with van der Waals surface area (Å²) in [4.78, 5) is 33.2. The van der Waals surface area contributed by atoms with E-state index in [0.717, 1.165) is 0 Å². The van der Waals surface area contributed by atoms with Crippen molar-refractivity contribution in [3.05, 3.63) is 0 Å². The normalized spacial score (nSPS) is 13.2. The van der Waals surface area contributed by atoms with Gasteiger partial charge in [-0.2, -0.15) is 0 Å². The Hall–Kier alpha value is 0.220.